The van der Waals surface area contributed by atoms with E-state index >= 15 is 0 Å². The summed E-state index contributed by atoms with van der Waals surface area (Å²) in [5.41, 5.74) is 2.68. The smallest absolute Gasteiger partial charge is 0.117 e. The highest BCUT2D eigenvalue weighted by Crippen LogP contribution is 2.11. The van der Waals surface area contributed by atoms with E-state index in [9.17, 15) is 0 Å². The van der Waals surface area contributed by atoms with Crippen LogP contribution in [0.2, 0.25) is 0 Å². The molecule has 4 nitrogen and oxygen atoms in total. The summed E-state index contributed by atoms with van der Waals surface area (Å²) in [6.45, 7) is 8.36. The summed E-state index contributed by atoms with van der Waals surface area (Å²) < 4.78 is 11.0. The second-order valence-corrected chi connectivity index (χ2v) is 5.82. The number of rotatable bonds is 6. The van der Waals surface area contributed by atoms with Crippen molar-refractivity contribution in [3.63, 3.8) is 0 Å². The first-order chi connectivity index (χ1) is 10.8. The molecule has 0 amide bonds. The molecule has 1 aromatic heterocycles. The standard InChI is InChI=1S/C18H24N2O2/c1-15-5-6-18(22-15)13-19-12-16-3-2-4-17(11-16)14-20-7-9-21-10-8-20/h2-6,11,19H,7-10,12-14H2,1H3. The summed E-state index contributed by atoms with van der Waals surface area (Å²) in [6.07, 6.45) is 0. The molecule has 0 bridgehead atoms. The number of furan rings is 1. The van der Waals surface area contributed by atoms with Crippen molar-refractivity contribution in [1.29, 1.82) is 0 Å². The van der Waals surface area contributed by atoms with Crippen LogP contribution in [0.15, 0.2) is 40.8 Å². The number of morpholine rings is 1. The molecular formula is C18H24N2O2. The molecule has 1 saturated heterocycles. The third-order valence-electron chi connectivity index (χ3n) is 3.93. The molecule has 22 heavy (non-hydrogen) atoms. The zero-order chi connectivity index (χ0) is 15.2. The Morgan fingerprint density at radius 2 is 1.86 bits per heavy atom. The second kappa shape index (κ2) is 7.58. The zero-order valence-corrected chi connectivity index (χ0v) is 13.2. The van der Waals surface area contributed by atoms with Gasteiger partial charge in [-0.15, -0.1) is 0 Å². The Morgan fingerprint density at radius 1 is 1.05 bits per heavy atom. The fourth-order valence-electron chi connectivity index (χ4n) is 2.77. The van der Waals surface area contributed by atoms with Crippen LogP contribution in [-0.2, 0) is 24.4 Å². The lowest BCUT2D eigenvalue weighted by molar-refractivity contribution is 0.0342. The lowest BCUT2D eigenvalue weighted by atomic mass is 10.1. The molecule has 1 fully saturated rings. The van der Waals surface area contributed by atoms with Crippen molar-refractivity contribution < 1.29 is 9.15 Å². The molecule has 3 rings (SSSR count). The maximum atomic E-state index is 5.56. The van der Waals surface area contributed by atoms with Crippen molar-refractivity contribution in [2.75, 3.05) is 26.3 Å². The molecule has 2 aromatic rings. The Kier molecular flexibility index (Phi) is 5.27. The van der Waals surface area contributed by atoms with Crippen LogP contribution in [0.5, 0.6) is 0 Å². The minimum atomic E-state index is 0.765. The Bertz CT molecular complexity index is 588. The summed E-state index contributed by atoms with van der Waals surface area (Å²) in [6, 6.07) is 12.8. The van der Waals surface area contributed by atoms with Gasteiger partial charge in [-0.1, -0.05) is 24.3 Å². The first-order valence-corrected chi connectivity index (χ1v) is 7.93. The minimum Gasteiger partial charge on any atom is -0.465 e. The molecule has 0 saturated carbocycles. The van der Waals surface area contributed by atoms with Crippen molar-refractivity contribution in [2.24, 2.45) is 0 Å². The number of hydrogen-bond donors (Lipinski definition) is 1. The molecule has 1 aliphatic rings. The van der Waals surface area contributed by atoms with E-state index in [4.69, 9.17) is 9.15 Å². The average Bonchev–Trinajstić information content (AvgIpc) is 2.94. The van der Waals surface area contributed by atoms with Gasteiger partial charge in [0.15, 0.2) is 0 Å². The van der Waals surface area contributed by atoms with E-state index in [1.165, 1.54) is 11.1 Å². The quantitative estimate of drug-likeness (QED) is 0.890. The number of nitrogens with zero attached hydrogens (tertiary/aromatic N) is 1. The molecule has 0 radical (unpaired) electrons. The first-order valence-electron chi connectivity index (χ1n) is 7.93. The van der Waals surface area contributed by atoms with E-state index < -0.39 is 0 Å². The maximum absolute atomic E-state index is 5.56. The van der Waals surface area contributed by atoms with Crippen molar-refractivity contribution in [1.82, 2.24) is 10.2 Å². The van der Waals surface area contributed by atoms with Crippen LogP contribution >= 0.6 is 0 Å². The van der Waals surface area contributed by atoms with Crippen molar-refractivity contribution in [2.45, 2.75) is 26.6 Å². The molecule has 1 aromatic carbocycles. The predicted octanol–water partition coefficient (Wildman–Crippen LogP) is 2.71. The van der Waals surface area contributed by atoms with Gasteiger partial charge in [-0.3, -0.25) is 4.90 Å². The molecule has 1 N–H and O–H groups in total. The van der Waals surface area contributed by atoms with Gasteiger partial charge >= 0.3 is 0 Å². The third kappa shape index (κ3) is 4.44. The minimum absolute atomic E-state index is 0.765. The topological polar surface area (TPSA) is 37.6 Å². The van der Waals surface area contributed by atoms with E-state index in [-0.39, 0.29) is 0 Å². The Hall–Kier alpha value is -1.62. The zero-order valence-electron chi connectivity index (χ0n) is 13.2. The van der Waals surface area contributed by atoms with Crippen LogP contribution in [0.4, 0.5) is 0 Å². The van der Waals surface area contributed by atoms with Crippen LogP contribution in [0.3, 0.4) is 0 Å². The van der Waals surface area contributed by atoms with Gasteiger partial charge in [0, 0.05) is 26.2 Å². The van der Waals surface area contributed by atoms with Crippen LogP contribution in [0.25, 0.3) is 0 Å². The molecule has 118 valence electrons. The van der Waals surface area contributed by atoms with E-state index in [2.05, 4.69) is 34.5 Å². The lowest BCUT2D eigenvalue weighted by Crippen LogP contribution is -2.35. The highest BCUT2D eigenvalue weighted by atomic mass is 16.5. The first kappa shape index (κ1) is 15.3. The molecule has 0 aliphatic carbocycles. The van der Waals surface area contributed by atoms with Crippen molar-refractivity contribution >= 4 is 0 Å². The number of ether oxygens (including phenoxy) is 1. The predicted molar refractivity (Wildman–Crippen MR) is 86.5 cm³/mol. The van der Waals surface area contributed by atoms with Gasteiger partial charge in [-0.05, 0) is 30.2 Å². The fourth-order valence-corrected chi connectivity index (χ4v) is 2.77. The highest BCUT2D eigenvalue weighted by molar-refractivity contribution is 5.23. The second-order valence-electron chi connectivity index (χ2n) is 5.82. The van der Waals surface area contributed by atoms with Crippen molar-refractivity contribution in [3.05, 3.63) is 59.0 Å². The molecule has 0 unspecified atom stereocenters. The highest BCUT2D eigenvalue weighted by Gasteiger charge is 2.10. The van der Waals surface area contributed by atoms with Crippen LogP contribution in [-0.4, -0.2) is 31.2 Å². The van der Waals surface area contributed by atoms with Gasteiger partial charge in [0.1, 0.15) is 11.5 Å². The summed E-state index contributed by atoms with van der Waals surface area (Å²) in [7, 11) is 0. The average molecular weight is 300 g/mol. The van der Waals surface area contributed by atoms with E-state index in [0.29, 0.717) is 0 Å². The monoisotopic (exact) mass is 300 g/mol. The van der Waals surface area contributed by atoms with Gasteiger partial charge in [-0.25, -0.2) is 0 Å². The largest absolute Gasteiger partial charge is 0.465 e. The summed E-state index contributed by atoms with van der Waals surface area (Å²) in [5.74, 6) is 1.95. The maximum Gasteiger partial charge on any atom is 0.117 e. The van der Waals surface area contributed by atoms with E-state index in [0.717, 1.165) is 57.5 Å². The molecular weight excluding hydrogens is 276 g/mol. The number of benzene rings is 1. The summed E-state index contributed by atoms with van der Waals surface area (Å²) in [4.78, 5) is 2.45. The Labute approximate surface area is 132 Å². The van der Waals surface area contributed by atoms with E-state index in [1.54, 1.807) is 0 Å². The van der Waals surface area contributed by atoms with Gasteiger partial charge in [0.25, 0.3) is 0 Å². The normalized spacial score (nSPS) is 16.0. The Balaban J connectivity index is 1.50. The SMILES string of the molecule is Cc1ccc(CNCc2cccc(CN3CCOCC3)c2)o1. The summed E-state index contributed by atoms with van der Waals surface area (Å²) >= 11 is 0. The molecule has 1 aliphatic heterocycles. The number of hydrogen-bond acceptors (Lipinski definition) is 4. The van der Waals surface area contributed by atoms with Gasteiger partial charge in [0.05, 0.1) is 19.8 Å². The van der Waals surface area contributed by atoms with Crippen LogP contribution < -0.4 is 5.32 Å². The van der Waals surface area contributed by atoms with Gasteiger partial charge < -0.3 is 14.5 Å². The Morgan fingerprint density at radius 3 is 2.64 bits per heavy atom. The van der Waals surface area contributed by atoms with Crippen LogP contribution in [0.1, 0.15) is 22.6 Å². The third-order valence-corrected chi connectivity index (χ3v) is 3.93. The molecule has 4 heteroatoms. The van der Waals surface area contributed by atoms with E-state index in [1.807, 2.05) is 19.1 Å². The van der Waals surface area contributed by atoms with Crippen LogP contribution in [0, 0.1) is 6.92 Å². The lowest BCUT2D eigenvalue weighted by Gasteiger charge is -2.26. The van der Waals surface area contributed by atoms with Gasteiger partial charge in [-0.2, -0.15) is 0 Å². The van der Waals surface area contributed by atoms with Crippen molar-refractivity contribution in [3.8, 4) is 0 Å². The number of aryl methyl sites for hydroxylation is 1. The summed E-state index contributed by atoms with van der Waals surface area (Å²) in [5, 5.41) is 3.43. The number of nitrogens with one attached hydrogen (secondary N) is 1. The molecule has 0 spiro atoms. The molecule has 0 atom stereocenters. The fraction of sp³-hybridized carbons (Fsp3) is 0.444. The van der Waals surface area contributed by atoms with Gasteiger partial charge in [0.2, 0.25) is 0 Å². The molecule has 2 heterocycles.